The highest BCUT2D eigenvalue weighted by Gasteiger charge is 2.32. The van der Waals surface area contributed by atoms with E-state index in [2.05, 4.69) is 18.3 Å². The van der Waals surface area contributed by atoms with E-state index in [9.17, 15) is 9.59 Å². The molecule has 1 aliphatic rings. The molecule has 0 aliphatic carbocycles. The lowest BCUT2D eigenvalue weighted by Crippen LogP contribution is -2.40. The van der Waals surface area contributed by atoms with Crippen molar-refractivity contribution in [1.82, 2.24) is 4.57 Å². The molecule has 7 nitrogen and oxygen atoms in total. The van der Waals surface area contributed by atoms with Crippen LogP contribution >= 0.6 is 11.3 Å². The molecule has 0 spiro atoms. The molecule has 1 N–H and O–H groups in total. The van der Waals surface area contributed by atoms with E-state index in [1.807, 2.05) is 97.9 Å². The highest BCUT2D eigenvalue weighted by atomic mass is 32.1. The van der Waals surface area contributed by atoms with Crippen molar-refractivity contribution in [3.05, 3.63) is 133 Å². The minimum atomic E-state index is -0.684. The zero-order chi connectivity index (χ0) is 30.6. The van der Waals surface area contributed by atoms with Crippen molar-refractivity contribution in [2.45, 2.75) is 32.7 Å². The zero-order valence-electron chi connectivity index (χ0n) is 24.9. The number of methoxy groups -OCH3 is 1. The molecule has 1 aromatic heterocycles. The molecule has 222 valence electrons. The maximum absolute atomic E-state index is 14.3. The van der Waals surface area contributed by atoms with Crippen LogP contribution in [0.15, 0.2) is 112 Å². The van der Waals surface area contributed by atoms with E-state index >= 15 is 0 Å². The summed E-state index contributed by atoms with van der Waals surface area (Å²) in [5.41, 5.74) is 3.03. The lowest BCUT2D eigenvalue weighted by atomic mass is 9.95. The third kappa shape index (κ3) is 5.68. The first kappa shape index (κ1) is 29.1. The van der Waals surface area contributed by atoms with Crippen molar-refractivity contribution < 1.29 is 14.3 Å². The summed E-state index contributed by atoms with van der Waals surface area (Å²) in [6.45, 7) is 4.53. The molecule has 5 aromatic rings. The van der Waals surface area contributed by atoms with Crippen LogP contribution in [0.2, 0.25) is 0 Å². The Bertz CT molecular complexity index is 2040. The van der Waals surface area contributed by atoms with E-state index in [0.717, 1.165) is 40.5 Å². The predicted molar refractivity (Wildman–Crippen MR) is 176 cm³/mol. The van der Waals surface area contributed by atoms with E-state index in [-0.39, 0.29) is 11.5 Å². The number of carbonyl (C=O) groups is 1. The van der Waals surface area contributed by atoms with Gasteiger partial charge in [0.25, 0.3) is 11.5 Å². The molecule has 0 radical (unpaired) electrons. The summed E-state index contributed by atoms with van der Waals surface area (Å²) in [7, 11) is 1.61. The van der Waals surface area contributed by atoms with Gasteiger partial charge in [0, 0.05) is 11.3 Å². The molecule has 1 aliphatic heterocycles. The molecule has 44 heavy (non-hydrogen) atoms. The Labute approximate surface area is 259 Å². The minimum absolute atomic E-state index is 0.223. The number of ether oxygens (including phenoxy) is 2. The molecule has 0 saturated heterocycles. The standard InChI is InChI=1S/C36H33N3O4S/c1-4-5-21-43-30-20-17-24-11-9-10-14-28(24)29(30)22-31-35(41)39-33(25-15-18-27(42-3)19-16-25)32(23(2)37-36(39)44-31)34(40)38-26-12-7-6-8-13-26/h6-20,22,33H,4-5,21H2,1-3H3,(H,38,40)/b31-22+/t33-/m0/s1. The molecule has 2 heterocycles. The number of nitrogens with zero attached hydrogens (tertiary/aromatic N) is 2. The first-order chi connectivity index (χ1) is 21.5. The molecule has 1 atom stereocenters. The third-order valence-corrected chi connectivity index (χ3v) is 8.67. The number of hydrogen-bond donors (Lipinski definition) is 1. The number of para-hydroxylation sites is 1. The van der Waals surface area contributed by atoms with Crippen molar-refractivity contribution in [2.24, 2.45) is 4.99 Å². The summed E-state index contributed by atoms with van der Waals surface area (Å²) in [6, 6.07) is 28.1. The molecule has 0 unspecified atom stereocenters. The smallest absolute Gasteiger partial charge is 0.271 e. The van der Waals surface area contributed by atoms with Crippen LogP contribution in [-0.2, 0) is 4.79 Å². The molecule has 0 fully saturated rings. The molecule has 1 amide bonds. The van der Waals surface area contributed by atoms with E-state index in [1.54, 1.807) is 11.7 Å². The van der Waals surface area contributed by atoms with Crippen LogP contribution in [-0.4, -0.2) is 24.2 Å². The number of rotatable bonds is 9. The average molecular weight is 604 g/mol. The Balaban J connectivity index is 1.53. The number of amides is 1. The number of unbranched alkanes of at least 4 members (excludes halogenated alkanes) is 1. The Hall–Kier alpha value is -4.95. The van der Waals surface area contributed by atoms with Crippen LogP contribution < -0.4 is 29.7 Å². The normalized spacial score (nSPS) is 14.7. The maximum Gasteiger partial charge on any atom is 0.271 e. The van der Waals surface area contributed by atoms with Crippen molar-refractivity contribution >= 4 is 39.8 Å². The highest BCUT2D eigenvalue weighted by molar-refractivity contribution is 7.07. The van der Waals surface area contributed by atoms with Crippen LogP contribution in [0.4, 0.5) is 5.69 Å². The van der Waals surface area contributed by atoms with Crippen molar-refractivity contribution in [2.75, 3.05) is 19.0 Å². The number of hydrogen-bond acceptors (Lipinski definition) is 6. The van der Waals surface area contributed by atoms with Gasteiger partial charge in [0.05, 0.1) is 35.6 Å². The number of benzene rings is 4. The Morgan fingerprint density at radius 1 is 1.00 bits per heavy atom. The van der Waals surface area contributed by atoms with Gasteiger partial charge in [0.15, 0.2) is 4.80 Å². The van der Waals surface area contributed by atoms with Gasteiger partial charge in [-0.2, -0.15) is 0 Å². The van der Waals surface area contributed by atoms with Crippen molar-refractivity contribution in [3.8, 4) is 11.5 Å². The van der Waals surface area contributed by atoms with E-state index in [0.29, 0.717) is 38.6 Å². The van der Waals surface area contributed by atoms with Crippen LogP contribution in [0.5, 0.6) is 11.5 Å². The number of thiazole rings is 1. The lowest BCUT2D eigenvalue weighted by molar-refractivity contribution is -0.113. The summed E-state index contributed by atoms with van der Waals surface area (Å²) < 4.78 is 13.7. The molecule has 0 saturated carbocycles. The highest BCUT2D eigenvalue weighted by Crippen LogP contribution is 2.32. The zero-order valence-corrected chi connectivity index (χ0v) is 25.7. The van der Waals surface area contributed by atoms with Crippen LogP contribution in [0.3, 0.4) is 0 Å². The first-order valence-electron chi connectivity index (χ1n) is 14.7. The second-order valence-corrected chi connectivity index (χ2v) is 11.6. The number of nitrogens with one attached hydrogen (secondary N) is 1. The van der Waals surface area contributed by atoms with Crippen LogP contribution in [0, 0.1) is 0 Å². The summed E-state index contributed by atoms with van der Waals surface area (Å²) in [6.07, 6.45) is 3.86. The number of aromatic nitrogens is 1. The molecular formula is C36H33N3O4S. The molecule has 6 rings (SSSR count). The van der Waals surface area contributed by atoms with E-state index in [4.69, 9.17) is 14.5 Å². The average Bonchev–Trinajstić information content (AvgIpc) is 3.35. The summed E-state index contributed by atoms with van der Waals surface area (Å²) in [5, 5.41) is 5.05. The molecule has 0 bridgehead atoms. The van der Waals surface area contributed by atoms with Gasteiger partial charge < -0.3 is 14.8 Å². The second kappa shape index (κ2) is 12.7. The maximum atomic E-state index is 14.3. The fourth-order valence-electron chi connectivity index (χ4n) is 5.44. The SMILES string of the molecule is CCCCOc1ccc2ccccc2c1/C=c1/sc2n(c1=O)[C@@H](c1ccc(OC)cc1)C(C(=O)Nc1ccccc1)=C(C)N=2. The molecule has 4 aromatic carbocycles. The van der Waals surface area contributed by atoms with Gasteiger partial charge in [-0.05, 0) is 66.1 Å². The van der Waals surface area contributed by atoms with Gasteiger partial charge in [0.1, 0.15) is 11.5 Å². The lowest BCUT2D eigenvalue weighted by Gasteiger charge is -2.25. The fraction of sp³-hybridized carbons (Fsp3) is 0.194. The Morgan fingerprint density at radius 3 is 2.50 bits per heavy atom. The van der Waals surface area contributed by atoms with Gasteiger partial charge in [-0.1, -0.05) is 85.3 Å². The van der Waals surface area contributed by atoms with Crippen LogP contribution in [0.25, 0.3) is 16.8 Å². The number of allylic oxidation sites excluding steroid dienone is 1. The molecule has 8 heteroatoms. The third-order valence-electron chi connectivity index (χ3n) is 7.69. The Kier molecular flexibility index (Phi) is 8.43. The number of fused-ring (bicyclic) bond motifs is 2. The van der Waals surface area contributed by atoms with Gasteiger partial charge >= 0.3 is 0 Å². The monoisotopic (exact) mass is 603 g/mol. The molecular weight excluding hydrogens is 570 g/mol. The van der Waals surface area contributed by atoms with E-state index in [1.165, 1.54) is 11.3 Å². The fourth-order valence-corrected chi connectivity index (χ4v) is 6.47. The largest absolute Gasteiger partial charge is 0.497 e. The number of carbonyl (C=O) groups excluding carboxylic acids is 1. The van der Waals surface area contributed by atoms with E-state index < -0.39 is 6.04 Å². The quantitative estimate of drug-likeness (QED) is 0.203. The van der Waals surface area contributed by atoms with Crippen molar-refractivity contribution in [1.29, 1.82) is 0 Å². The van der Waals surface area contributed by atoms with Gasteiger partial charge in [0.2, 0.25) is 0 Å². The minimum Gasteiger partial charge on any atom is -0.497 e. The number of anilines is 1. The van der Waals surface area contributed by atoms with Gasteiger partial charge in [-0.25, -0.2) is 4.99 Å². The first-order valence-corrected chi connectivity index (χ1v) is 15.5. The predicted octanol–water partition coefficient (Wildman–Crippen LogP) is 6.21. The van der Waals surface area contributed by atoms with Gasteiger partial charge in [-0.3, -0.25) is 14.2 Å². The second-order valence-electron chi connectivity index (χ2n) is 10.6. The Morgan fingerprint density at radius 2 is 1.75 bits per heavy atom. The topological polar surface area (TPSA) is 81.9 Å². The van der Waals surface area contributed by atoms with Crippen molar-refractivity contribution in [3.63, 3.8) is 0 Å². The summed E-state index contributed by atoms with van der Waals surface area (Å²) >= 11 is 1.31. The van der Waals surface area contributed by atoms with Crippen LogP contribution in [0.1, 0.15) is 43.9 Å². The summed E-state index contributed by atoms with van der Waals surface area (Å²) in [4.78, 5) is 33.5. The summed E-state index contributed by atoms with van der Waals surface area (Å²) in [5.74, 6) is 1.10. The van der Waals surface area contributed by atoms with Gasteiger partial charge in [-0.15, -0.1) is 0 Å².